The molecule has 0 radical (unpaired) electrons. The van der Waals surface area contributed by atoms with Crippen LogP contribution in [0.2, 0.25) is 0 Å². The first kappa shape index (κ1) is 30.8. The van der Waals surface area contributed by atoms with E-state index in [0.717, 1.165) is 0 Å². The molecular weight excluding hydrogens is 561 g/mol. The Labute approximate surface area is 245 Å². The highest BCUT2D eigenvalue weighted by atomic mass is 32.2. The topological polar surface area (TPSA) is 108 Å². The Morgan fingerprint density at radius 1 is 1.17 bits per heavy atom. The van der Waals surface area contributed by atoms with E-state index in [2.05, 4.69) is 17.2 Å². The zero-order valence-electron chi connectivity index (χ0n) is 23.9. The molecule has 0 saturated heterocycles. The van der Waals surface area contributed by atoms with Gasteiger partial charge in [-0.25, -0.2) is 17.6 Å². The standard InChI is InChI=1S/C31H34FN3O6S/c1-21-18-35(22(2)20-36)42(38,39)30-15-12-24(9-8-23-10-13-25(32)14-11-23)16-28(30)41-29(21)19-34(3)31(37)33-26-6-5-7-27(17-26)40-4/h5-7,10-17,21-22,29,36H,18-20H2,1-4H3,(H,33,37)/t21-,22+,29+/m0/s1. The lowest BCUT2D eigenvalue weighted by Crippen LogP contribution is -2.50. The van der Waals surface area contributed by atoms with Crippen LogP contribution in [0.15, 0.2) is 71.6 Å². The molecule has 222 valence electrons. The van der Waals surface area contributed by atoms with Gasteiger partial charge in [-0.15, -0.1) is 0 Å². The van der Waals surface area contributed by atoms with Crippen LogP contribution in [0.1, 0.15) is 25.0 Å². The van der Waals surface area contributed by atoms with Gasteiger partial charge in [-0.1, -0.05) is 24.8 Å². The van der Waals surface area contributed by atoms with Crippen LogP contribution in [-0.2, 0) is 10.0 Å². The van der Waals surface area contributed by atoms with E-state index < -0.39 is 22.2 Å². The number of carbonyl (C=O) groups is 1. The number of benzene rings is 3. The number of fused-ring (bicyclic) bond motifs is 1. The molecule has 1 aliphatic heterocycles. The number of anilines is 1. The van der Waals surface area contributed by atoms with E-state index in [1.54, 1.807) is 69.6 Å². The number of halogens is 1. The largest absolute Gasteiger partial charge is 0.497 e. The monoisotopic (exact) mass is 595 g/mol. The summed E-state index contributed by atoms with van der Waals surface area (Å²) in [6, 6.07) is 16.2. The van der Waals surface area contributed by atoms with Gasteiger partial charge in [-0.3, -0.25) is 0 Å². The average molecular weight is 596 g/mol. The van der Waals surface area contributed by atoms with Crippen molar-refractivity contribution in [1.82, 2.24) is 9.21 Å². The zero-order chi connectivity index (χ0) is 30.4. The number of methoxy groups -OCH3 is 1. The van der Waals surface area contributed by atoms with Crippen LogP contribution in [0.25, 0.3) is 0 Å². The first-order valence-corrected chi connectivity index (χ1v) is 14.8. The second-order valence-corrected chi connectivity index (χ2v) is 12.1. The third-order valence-corrected chi connectivity index (χ3v) is 9.00. The number of likely N-dealkylation sites (N-methyl/N-ethyl adjacent to an activating group) is 1. The van der Waals surface area contributed by atoms with Gasteiger partial charge < -0.3 is 24.8 Å². The fourth-order valence-corrected chi connectivity index (χ4v) is 6.30. The predicted molar refractivity (Wildman–Crippen MR) is 157 cm³/mol. The number of nitrogens with one attached hydrogen (secondary N) is 1. The van der Waals surface area contributed by atoms with Crippen molar-refractivity contribution in [2.75, 3.05) is 39.2 Å². The molecule has 42 heavy (non-hydrogen) atoms. The Bertz CT molecular complexity index is 1590. The van der Waals surface area contributed by atoms with E-state index in [-0.39, 0.29) is 48.1 Å². The number of sulfonamides is 1. The number of nitrogens with zero attached hydrogens (tertiary/aromatic N) is 2. The number of aliphatic hydroxyl groups excluding tert-OH is 1. The number of hydrogen-bond donors (Lipinski definition) is 2. The molecule has 0 spiro atoms. The molecule has 3 aromatic carbocycles. The van der Waals surface area contributed by atoms with Crippen molar-refractivity contribution in [2.24, 2.45) is 5.92 Å². The molecule has 3 aromatic rings. The molecule has 0 aliphatic carbocycles. The summed E-state index contributed by atoms with van der Waals surface area (Å²) in [5, 5.41) is 12.7. The van der Waals surface area contributed by atoms with Crippen LogP contribution in [0.3, 0.4) is 0 Å². The zero-order valence-corrected chi connectivity index (χ0v) is 24.7. The van der Waals surface area contributed by atoms with Crippen LogP contribution in [0, 0.1) is 23.6 Å². The Morgan fingerprint density at radius 3 is 2.55 bits per heavy atom. The molecule has 2 amide bonds. The highest BCUT2D eigenvalue weighted by Crippen LogP contribution is 2.34. The molecule has 1 heterocycles. The molecule has 0 unspecified atom stereocenters. The van der Waals surface area contributed by atoms with Gasteiger partial charge >= 0.3 is 6.03 Å². The number of amides is 2. The van der Waals surface area contributed by atoms with Gasteiger partial charge in [0.2, 0.25) is 10.0 Å². The molecule has 4 rings (SSSR count). The van der Waals surface area contributed by atoms with Gasteiger partial charge in [0.25, 0.3) is 0 Å². The number of rotatable bonds is 6. The van der Waals surface area contributed by atoms with Gasteiger partial charge in [-0.2, -0.15) is 4.31 Å². The van der Waals surface area contributed by atoms with Gasteiger partial charge in [0.05, 0.1) is 20.3 Å². The Morgan fingerprint density at radius 2 is 1.86 bits per heavy atom. The van der Waals surface area contributed by atoms with Crippen LogP contribution in [-0.4, -0.2) is 74.8 Å². The van der Waals surface area contributed by atoms with E-state index in [1.807, 2.05) is 6.92 Å². The minimum Gasteiger partial charge on any atom is -0.497 e. The van der Waals surface area contributed by atoms with E-state index in [4.69, 9.17) is 9.47 Å². The number of hydrogen-bond acceptors (Lipinski definition) is 6. The summed E-state index contributed by atoms with van der Waals surface area (Å²) in [6.07, 6.45) is -0.603. The molecule has 0 fully saturated rings. The predicted octanol–water partition coefficient (Wildman–Crippen LogP) is 4.17. The Kier molecular flexibility index (Phi) is 9.73. The molecule has 0 bridgehead atoms. The molecule has 0 saturated carbocycles. The fourth-order valence-electron chi connectivity index (χ4n) is 4.47. The maximum Gasteiger partial charge on any atom is 0.321 e. The number of carbonyl (C=O) groups excluding carboxylic acids is 1. The SMILES string of the molecule is COc1cccc(NC(=O)N(C)C[C@H]2Oc3cc(C#Cc4ccc(F)cc4)ccc3S(=O)(=O)N([C@H](C)CO)C[C@@H]2C)c1. The van der Waals surface area contributed by atoms with Crippen molar-refractivity contribution < 1.29 is 32.2 Å². The van der Waals surface area contributed by atoms with Gasteiger partial charge in [0, 0.05) is 48.4 Å². The van der Waals surface area contributed by atoms with Gasteiger partial charge in [0.15, 0.2) is 0 Å². The first-order valence-electron chi connectivity index (χ1n) is 13.4. The maximum absolute atomic E-state index is 13.7. The van der Waals surface area contributed by atoms with E-state index in [1.165, 1.54) is 27.4 Å². The van der Waals surface area contributed by atoms with Gasteiger partial charge in [-0.05, 0) is 61.5 Å². The highest BCUT2D eigenvalue weighted by molar-refractivity contribution is 7.89. The highest BCUT2D eigenvalue weighted by Gasteiger charge is 2.38. The number of ether oxygens (including phenoxy) is 2. The van der Waals surface area contributed by atoms with Crippen LogP contribution in [0.5, 0.6) is 11.5 Å². The van der Waals surface area contributed by atoms with E-state index in [0.29, 0.717) is 22.6 Å². The quantitative estimate of drug-likeness (QED) is 0.415. The summed E-state index contributed by atoms with van der Waals surface area (Å²) in [7, 11) is -0.871. The van der Waals surface area contributed by atoms with Crippen LogP contribution in [0.4, 0.5) is 14.9 Å². The molecule has 9 nitrogen and oxygen atoms in total. The van der Waals surface area contributed by atoms with Crippen molar-refractivity contribution in [1.29, 1.82) is 0 Å². The smallest absolute Gasteiger partial charge is 0.321 e. The summed E-state index contributed by atoms with van der Waals surface area (Å²) < 4.78 is 53.5. The molecule has 0 aromatic heterocycles. The lowest BCUT2D eigenvalue weighted by Gasteiger charge is -2.37. The minimum atomic E-state index is -4.04. The molecular formula is C31H34FN3O6S. The van der Waals surface area contributed by atoms with Crippen LogP contribution >= 0.6 is 0 Å². The first-order chi connectivity index (χ1) is 20.0. The summed E-state index contributed by atoms with van der Waals surface area (Å²) in [5.41, 5.74) is 1.64. The Hall–Kier alpha value is -4.11. The summed E-state index contributed by atoms with van der Waals surface area (Å²) in [6.45, 7) is 3.33. The second-order valence-electron chi connectivity index (χ2n) is 10.2. The van der Waals surface area contributed by atoms with E-state index in [9.17, 15) is 22.7 Å². The van der Waals surface area contributed by atoms with Crippen molar-refractivity contribution in [3.05, 3.63) is 83.7 Å². The summed E-state index contributed by atoms with van der Waals surface area (Å²) in [5.74, 6) is 5.88. The third kappa shape index (κ3) is 7.20. The number of urea groups is 1. The lowest BCUT2D eigenvalue weighted by molar-refractivity contribution is 0.0830. The van der Waals surface area contributed by atoms with E-state index >= 15 is 0 Å². The molecule has 1 aliphatic rings. The summed E-state index contributed by atoms with van der Waals surface area (Å²) >= 11 is 0. The second kappa shape index (κ2) is 13.2. The normalized spacial score (nSPS) is 18.6. The molecule has 3 atom stereocenters. The fraction of sp³-hybridized carbons (Fsp3) is 0.323. The average Bonchev–Trinajstić information content (AvgIpc) is 2.98. The van der Waals surface area contributed by atoms with Crippen molar-refractivity contribution in [3.63, 3.8) is 0 Å². The van der Waals surface area contributed by atoms with Gasteiger partial charge in [0.1, 0.15) is 28.3 Å². The molecule has 11 heteroatoms. The molecule has 2 N–H and O–H groups in total. The van der Waals surface area contributed by atoms with Crippen LogP contribution < -0.4 is 14.8 Å². The van der Waals surface area contributed by atoms with Crippen molar-refractivity contribution in [3.8, 4) is 23.3 Å². The van der Waals surface area contributed by atoms with Crippen molar-refractivity contribution in [2.45, 2.75) is 30.9 Å². The number of aliphatic hydroxyl groups is 1. The van der Waals surface area contributed by atoms with Crippen molar-refractivity contribution >= 4 is 21.7 Å². The Balaban J connectivity index is 1.65. The lowest BCUT2D eigenvalue weighted by atomic mass is 10.0. The third-order valence-electron chi connectivity index (χ3n) is 6.98. The minimum absolute atomic E-state index is 0.0597. The summed E-state index contributed by atoms with van der Waals surface area (Å²) in [4.78, 5) is 14.5. The maximum atomic E-state index is 13.7.